The van der Waals surface area contributed by atoms with Crippen LogP contribution in [0.5, 0.6) is 0 Å². The molecule has 4 nitrogen and oxygen atoms in total. The fourth-order valence-electron chi connectivity index (χ4n) is 2.62. The third kappa shape index (κ3) is 7.98. The quantitative estimate of drug-likeness (QED) is 0.0941. The summed E-state index contributed by atoms with van der Waals surface area (Å²) in [7, 11) is 0. The van der Waals surface area contributed by atoms with Crippen molar-refractivity contribution in [2.75, 3.05) is 5.75 Å². The van der Waals surface area contributed by atoms with E-state index < -0.39 is 6.29 Å². The first-order valence-electron chi connectivity index (χ1n) is 9.78. The number of ketones is 1. The Kier molecular flexibility index (Phi) is 9.69. The van der Waals surface area contributed by atoms with Gasteiger partial charge in [-0.25, -0.2) is 0 Å². The molecule has 0 radical (unpaired) electrons. The zero-order valence-electron chi connectivity index (χ0n) is 17.2. The molecule has 1 N–H and O–H groups in total. The van der Waals surface area contributed by atoms with Crippen LogP contribution in [0, 0.1) is 0 Å². The molecule has 0 spiro atoms. The third-order valence-corrected chi connectivity index (χ3v) is 6.97. The van der Waals surface area contributed by atoms with Crippen molar-refractivity contribution in [2.24, 2.45) is 5.16 Å². The van der Waals surface area contributed by atoms with Crippen molar-refractivity contribution in [3.05, 3.63) is 87.9 Å². The number of halogens is 2. The highest BCUT2D eigenvalue weighted by molar-refractivity contribution is 9.10. The Hall–Kier alpha value is -1.77. The van der Waals surface area contributed by atoms with E-state index in [1.165, 1.54) is 6.92 Å². The molecule has 0 fully saturated rings. The van der Waals surface area contributed by atoms with Crippen LogP contribution in [-0.4, -0.2) is 28.6 Å². The number of aliphatic hydroxyl groups is 1. The largest absolute Gasteiger partial charge is 0.364 e. The van der Waals surface area contributed by atoms with Gasteiger partial charge in [0.25, 0.3) is 0 Å². The average Bonchev–Trinajstić information content (AvgIpc) is 2.79. The SMILES string of the molecule is CC(O)ON=C(CCSc1ccc(Cl)cc1)C(=O)c1ccc(Sc2ccc(Br)cc2)cc1. The van der Waals surface area contributed by atoms with Crippen LogP contribution in [0.2, 0.25) is 5.02 Å². The van der Waals surface area contributed by atoms with E-state index in [-0.39, 0.29) is 11.5 Å². The van der Waals surface area contributed by atoms with Gasteiger partial charge in [0, 0.05) is 48.8 Å². The Morgan fingerprint density at radius 3 is 2.16 bits per heavy atom. The zero-order valence-corrected chi connectivity index (χ0v) is 21.2. The number of Topliss-reactive ketones (excluding diaryl/α,β-unsaturated/α-hetero) is 1. The van der Waals surface area contributed by atoms with Crippen molar-refractivity contribution in [2.45, 2.75) is 34.3 Å². The Balaban J connectivity index is 1.65. The third-order valence-electron chi connectivity index (χ3n) is 4.16. The molecule has 1 atom stereocenters. The van der Waals surface area contributed by atoms with Crippen LogP contribution in [0.25, 0.3) is 0 Å². The number of oxime groups is 1. The fourth-order valence-corrected chi connectivity index (χ4v) is 4.68. The second-order valence-electron chi connectivity index (χ2n) is 6.70. The van der Waals surface area contributed by atoms with Crippen LogP contribution < -0.4 is 0 Å². The molecule has 0 bridgehead atoms. The summed E-state index contributed by atoms with van der Waals surface area (Å²) in [5.41, 5.74) is 0.787. The van der Waals surface area contributed by atoms with E-state index in [9.17, 15) is 9.90 Å². The lowest BCUT2D eigenvalue weighted by molar-refractivity contribution is -0.0837. The molecule has 0 aromatic heterocycles. The van der Waals surface area contributed by atoms with Crippen molar-refractivity contribution in [1.29, 1.82) is 0 Å². The van der Waals surface area contributed by atoms with Crippen LogP contribution in [0.3, 0.4) is 0 Å². The molecule has 0 saturated carbocycles. The molecule has 32 heavy (non-hydrogen) atoms. The molecule has 0 aliphatic heterocycles. The molecule has 166 valence electrons. The molecule has 3 rings (SSSR count). The average molecular weight is 551 g/mol. The summed E-state index contributed by atoms with van der Waals surface area (Å²) in [5.74, 6) is 0.412. The molecular formula is C24H21BrClNO3S2. The first kappa shape index (κ1) is 24.9. The van der Waals surface area contributed by atoms with E-state index >= 15 is 0 Å². The van der Waals surface area contributed by atoms with Gasteiger partial charge in [0.1, 0.15) is 5.71 Å². The number of benzene rings is 3. The second-order valence-corrected chi connectivity index (χ2v) is 10.4. The Labute approximate surface area is 209 Å². The maximum absolute atomic E-state index is 13.0. The number of nitrogens with zero attached hydrogens (tertiary/aromatic N) is 1. The Bertz CT molecular complexity index is 1060. The number of carbonyl (C=O) groups is 1. The summed E-state index contributed by atoms with van der Waals surface area (Å²) in [6, 6.07) is 23.0. The predicted octanol–water partition coefficient (Wildman–Crippen LogP) is 7.33. The van der Waals surface area contributed by atoms with Gasteiger partial charge in [0.05, 0.1) is 0 Å². The van der Waals surface area contributed by atoms with E-state index in [0.29, 0.717) is 22.8 Å². The van der Waals surface area contributed by atoms with Gasteiger partial charge in [-0.1, -0.05) is 44.4 Å². The lowest BCUT2D eigenvalue weighted by Gasteiger charge is -2.09. The van der Waals surface area contributed by atoms with Gasteiger partial charge in [-0.2, -0.15) is 0 Å². The molecule has 8 heteroatoms. The van der Waals surface area contributed by atoms with Crippen LogP contribution in [0.4, 0.5) is 0 Å². The normalized spacial score (nSPS) is 12.4. The van der Waals surface area contributed by atoms with Gasteiger partial charge in [-0.15, -0.1) is 11.8 Å². The number of thioether (sulfide) groups is 1. The molecular weight excluding hydrogens is 530 g/mol. The van der Waals surface area contributed by atoms with Crippen LogP contribution in [0.15, 0.2) is 97.1 Å². The van der Waals surface area contributed by atoms with E-state index in [1.54, 1.807) is 35.7 Å². The zero-order chi connectivity index (χ0) is 22.9. The van der Waals surface area contributed by atoms with Gasteiger partial charge in [-0.05, 0) is 72.8 Å². The standard InChI is InChI=1S/C24H21BrClNO3S2/c1-16(28)30-27-23(14-15-31-20-12-6-19(26)7-13-20)24(29)17-2-8-21(9-3-17)32-22-10-4-18(25)5-11-22/h2-13,16,28H,14-15H2,1H3. The molecule has 3 aromatic rings. The summed E-state index contributed by atoms with van der Waals surface area (Å²) in [5, 5.41) is 14.0. The van der Waals surface area contributed by atoms with Gasteiger partial charge in [0.2, 0.25) is 12.1 Å². The van der Waals surface area contributed by atoms with E-state index in [4.69, 9.17) is 16.4 Å². The van der Waals surface area contributed by atoms with Crippen LogP contribution in [0.1, 0.15) is 23.7 Å². The number of rotatable bonds is 10. The minimum Gasteiger partial charge on any atom is -0.364 e. The molecule has 0 heterocycles. The minimum atomic E-state index is -1.09. The highest BCUT2D eigenvalue weighted by Crippen LogP contribution is 2.29. The molecule has 3 aromatic carbocycles. The van der Waals surface area contributed by atoms with Gasteiger partial charge >= 0.3 is 0 Å². The first-order valence-corrected chi connectivity index (χ1v) is 12.8. The fraction of sp³-hybridized carbons (Fsp3) is 0.167. The monoisotopic (exact) mass is 549 g/mol. The first-order chi connectivity index (χ1) is 15.4. The predicted molar refractivity (Wildman–Crippen MR) is 136 cm³/mol. The second kappa shape index (κ2) is 12.5. The number of hydrogen-bond donors (Lipinski definition) is 1. The van der Waals surface area contributed by atoms with Gasteiger partial charge in [-0.3, -0.25) is 4.79 Å². The summed E-state index contributed by atoms with van der Waals surface area (Å²) in [4.78, 5) is 21.2. The minimum absolute atomic E-state index is 0.220. The van der Waals surface area contributed by atoms with E-state index in [1.807, 2.05) is 60.7 Å². The van der Waals surface area contributed by atoms with E-state index in [2.05, 4.69) is 21.1 Å². The van der Waals surface area contributed by atoms with Gasteiger partial charge in [0.15, 0.2) is 0 Å². The summed E-state index contributed by atoms with van der Waals surface area (Å²) >= 11 is 12.6. The molecule has 1 unspecified atom stereocenters. The van der Waals surface area contributed by atoms with Crippen LogP contribution in [-0.2, 0) is 4.84 Å². The Morgan fingerprint density at radius 2 is 1.56 bits per heavy atom. The topological polar surface area (TPSA) is 58.9 Å². The van der Waals surface area contributed by atoms with Gasteiger partial charge < -0.3 is 9.94 Å². The smallest absolute Gasteiger partial charge is 0.221 e. The number of hydrogen-bond acceptors (Lipinski definition) is 6. The lowest BCUT2D eigenvalue weighted by atomic mass is 10.1. The Morgan fingerprint density at radius 1 is 1.00 bits per heavy atom. The molecule has 0 saturated heterocycles. The van der Waals surface area contributed by atoms with Crippen molar-refractivity contribution in [3.8, 4) is 0 Å². The highest BCUT2D eigenvalue weighted by atomic mass is 79.9. The lowest BCUT2D eigenvalue weighted by Crippen LogP contribution is -2.17. The summed E-state index contributed by atoms with van der Waals surface area (Å²) in [6.07, 6.45) is -0.694. The summed E-state index contributed by atoms with van der Waals surface area (Å²) in [6.45, 7) is 1.45. The molecule has 0 amide bonds. The molecule has 0 aliphatic rings. The number of carbonyl (C=O) groups excluding carboxylic acids is 1. The maximum Gasteiger partial charge on any atom is 0.221 e. The molecule has 0 aliphatic carbocycles. The van der Waals surface area contributed by atoms with E-state index in [0.717, 1.165) is 19.2 Å². The van der Waals surface area contributed by atoms with Crippen molar-refractivity contribution in [1.82, 2.24) is 0 Å². The van der Waals surface area contributed by atoms with Crippen molar-refractivity contribution >= 4 is 62.5 Å². The van der Waals surface area contributed by atoms with Crippen molar-refractivity contribution in [3.63, 3.8) is 0 Å². The number of aliphatic hydroxyl groups excluding tert-OH is 1. The highest BCUT2D eigenvalue weighted by Gasteiger charge is 2.16. The van der Waals surface area contributed by atoms with Crippen molar-refractivity contribution < 1.29 is 14.7 Å². The van der Waals surface area contributed by atoms with Crippen LogP contribution >= 0.6 is 51.1 Å². The maximum atomic E-state index is 13.0. The summed E-state index contributed by atoms with van der Waals surface area (Å²) < 4.78 is 1.03.